The zero-order chi connectivity index (χ0) is 12.3. The number of pyridine rings is 1. The molecule has 0 amide bonds. The maximum Gasteiger partial charge on any atom is 0.341 e. The minimum atomic E-state index is -1.11. The van der Waals surface area contributed by atoms with Crippen LogP contribution in [0, 0.1) is 0 Å². The van der Waals surface area contributed by atoms with Gasteiger partial charge in [-0.3, -0.25) is 4.98 Å². The zero-order valence-electron chi connectivity index (χ0n) is 8.69. The molecule has 0 unspecified atom stereocenters. The molecule has 0 spiro atoms. The third-order valence-corrected chi connectivity index (χ3v) is 2.03. The van der Waals surface area contributed by atoms with Crippen LogP contribution in [0.25, 0.3) is 5.69 Å². The van der Waals surface area contributed by atoms with Gasteiger partial charge in [0.15, 0.2) is 5.82 Å². The summed E-state index contributed by atoms with van der Waals surface area (Å²) in [6.45, 7) is 0. The number of nitrogens with two attached hydrogens (primary N) is 1. The van der Waals surface area contributed by atoms with Gasteiger partial charge in [0.05, 0.1) is 18.2 Å². The van der Waals surface area contributed by atoms with Crippen LogP contribution in [-0.4, -0.2) is 32.2 Å². The third-order valence-electron chi connectivity index (χ3n) is 2.03. The molecular weight excluding hydrogens is 222 g/mol. The Bertz CT molecular complexity index is 561. The number of hydrogen-bond donors (Lipinski definition) is 2. The van der Waals surface area contributed by atoms with E-state index in [1.165, 1.54) is 10.9 Å². The zero-order valence-corrected chi connectivity index (χ0v) is 8.69. The molecule has 0 atom stereocenters. The van der Waals surface area contributed by atoms with E-state index in [9.17, 15) is 4.79 Å². The molecule has 2 aromatic rings. The van der Waals surface area contributed by atoms with Crippen molar-refractivity contribution < 1.29 is 9.90 Å². The minimum Gasteiger partial charge on any atom is -0.477 e. The molecule has 0 saturated heterocycles. The van der Waals surface area contributed by atoms with Gasteiger partial charge in [-0.1, -0.05) is 0 Å². The van der Waals surface area contributed by atoms with Crippen molar-refractivity contribution in [3.63, 3.8) is 0 Å². The molecule has 3 N–H and O–H groups in total. The fraction of sp³-hybridized carbons (Fsp3) is 0. The first-order chi connectivity index (χ1) is 8.22. The summed E-state index contributed by atoms with van der Waals surface area (Å²) in [5, 5.41) is 13.0. The van der Waals surface area contributed by atoms with Crippen LogP contribution in [0.2, 0.25) is 0 Å². The fourth-order valence-corrected chi connectivity index (χ4v) is 1.30. The summed E-state index contributed by atoms with van der Waals surface area (Å²) in [6.07, 6.45) is 5.54. The monoisotopic (exact) mass is 231 g/mol. The lowest BCUT2D eigenvalue weighted by Gasteiger charge is -1.97. The van der Waals surface area contributed by atoms with E-state index in [4.69, 9.17) is 10.8 Å². The lowest BCUT2D eigenvalue weighted by molar-refractivity contribution is 0.0698. The van der Waals surface area contributed by atoms with Crippen LogP contribution >= 0.6 is 0 Å². The van der Waals surface area contributed by atoms with Crippen LogP contribution in [0.1, 0.15) is 10.4 Å². The molecule has 7 heteroatoms. The number of carboxylic acid groups (broad SMARTS) is 1. The van der Waals surface area contributed by atoms with Crippen molar-refractivity contribution in [2.75, 3.05) is 0 Å². The first-order valence-corrected chi connectivity index (χ1v) is 4.70. The van der Waals surface area contributed by atoms with E-state index in [1.807, 2.05) is 0 Å². The molecule has 0 aliphatic carbocycles. The van der Waals surface area contributed by atoms with E-state index in [0.717, 1.165) is 6.34 Å². The maximum absolute atomic E-state index is 11.0. The molecule has 0 bridgehead atoms. The smallest absolute Gasteiger partial charge is 0.341 e. The Morgan fingerprint density at radius 3 is 3.00 bits per heavy atom. The highest BCUT2D eigenvalue weighted by atomic mass is 16.4. The van der Waals surface area contributed by atoms with E-state index in [-0.39, 0.29) is 11.4 Å². The standard InChI is InChI=1S/C10H9N5O2/c11-6-13-9-8(10(16)17)5-15(14-9)7-2-1-3-12-4-7/h1-6H,(H,16,17)(H2,11,13,14). The topological polar surface area (TPSA) is 106 Å². The van der Waals surface area contributed by atoms with Crippen LogP contribution in [0.15, 0.2) is 35.7 Å². The van der Waals surface area contributed by atoms with E-state index >= 15 is 0 Å². The Balaban J connectivity index is 2.51. The summed E-state index contributed by atoms with van der Waals surface area (Å²) in [6, 6.07) is 3.48. The van der Waals surface area contributed by atoms with Crippen molar-refractivity contribution >= 4 is 18.1 Å². The van der Waals surface area contributed by atoms with Gasteiger partial charge in [-0.05, 0) is 12.1 Å². The van der Waals surface area contributed by atoms with E-state index < -0.39 is 5.97 Å². The van der Waals surface area contributed by atoms with Crippen LogP contribution in [0.4, 0.5) is 5.82 Å². The summed E-state index contributed by atoms with van der Waals surface area (Å²) in [4.78, 5) is 18.6. The number of carboxylic acids is 1. The van der Waals surface area contributed by atoms with Crippen LogP contribution in [-0.2, 0) is 0 Å². The van der Waals surface area contributed by atoms with Crippen molar-refractivity contribution in [3.8, 4) is 5.69 Å². The number of aliphatic imine (C=N–C) groups is 1. The maximum atomic E-state index is 11.0. The molecule has 86 valence electrons. The van der Waals surface area contributed by atoms with Crippen molar-refractivity contribution in [1.82, 2.24) is 14.8 Å². The van der Waals surface area contributed by atoms with Gasteiger partial charge in [0.25, 0.3) is 0 Å². The lowest BCUT2D eigenvalue weighted by Crippen LogP contribution is -1.96. The number of rotatable bonds is 3. The average molecular weight is 231 g/mol. The van der Waals surface area contributed by atoms with Gasteiger partial charge in [0.1, 0.15) is 5.56 Å². The fourth-order valence-electron chi connectivity index (χ4n) is 1.30. The summed E-state index contributed by atoms with van der Waals surface area (Å²) in [5.74, 6) is -1.05. The Hall–Kier alpha value is -2.70. The van der Waals surface area contributed by atoms with Gasteiger partial charge in [-0.2, -0.15) is 0 Å². The second-order valence-corrected chi connectivity index (χ2v) is 3.11. The SMILES string of the molecule is NC=Nc1nn(-c2cccnc2)cc1C(=O)O. The van der Waals surface area contributed by atoms with Gasteiger partial charge in [0.2, 0.25) is 0 Å². The van der Waals surface area contributed by atoms with Crippen molar-refractivity contribution in [1.29, 1.82) is 0 Å². The molecule has 2 heterocycles. The van der Waals surface area contributed by atoms with Crippen molar-refractivity contribution in [2.24, 2.45) is 10.7 Å². The first kappa shape index (κ1) is 10.8. The molecular formula is C10H9N5O2. The number of hydrogen-bond acceptors (Lipinski definition) is 4. The minimum absolute atomic E-state index is 0.0180. The van der Waals surface area contributed by atoms with Crippen molar-refractivity contribution in [2.45, 2.75) is 0 Å². The molecule has 7 nitrogen and oxygen atoms in total. The summed E-state index contributed by atoms with van der Waals surface area (Å²) in [7, 11) is 0. The van der Waals surface area contributed by atoms with Gasteiger partial charge in [0, 0.05) is 12.4 Å². The van der Waals surface area contributed by atoms with E-state index in [0.29, 0.717) is 5.69 Å². The second kappa shape index (κ2) is 4.44. The molecule has 0 aliphatic heterocycles. The Labute approximate surface area is 96.2 Å². The molecule has 0 fully saturated rings. The molecule has 0 saturated carbocycles. The van der Waals surface area contributed by atoms with Crippen molar-refractivity contribution in [3.05, 3.63) is 36.3 Å². The molecule has 2 aromatic heterocycles. The first-order valence-electron chi connectivity index (χ1n) is 4.70. The lowest BCUT2D eigenvalue weighted by atomic mass is 10.3. The summed E-state index contributed by atoms with van der Waals surface area (Å²) < 4.78 is 1.39. The molecule has 0 radical (unpaired) electrons. The predicted molar refractivity (Wildman–Crippen MR) is 60.7 cm³/mol. The Morgan fingerprint density at radius 1 is 1.59 bits per heavy atom. The number of aromatic nitrogens is 3. The third kappa shape index (κ3) is 2.12. The second-order valence-electron chi connectivity index (χ2n) is 3.11. The van der Waals surface area contributed by atoms with Crippen LogP contribution in [0.3, 0.4) is 0 Å². The van der Waals surface area contributed by atoms with Crippen LogP contribution in [0.5, 0.6) is 0 Å². The number of aromatic carboxylic acids is 1. The highest BCUT2D eigenvalue weighted by Crippen LogP contribution is 2.18. The molecule has 0 aromatic carbocycles. The van der Waals surface area contributed by atoms with Gasteiger partial charge in [-0.15, -0.1) is 5.10 Å². The number of nitrogens with zero attached hydrogens (tertiary/aromatic N) is 4. The largest absolute Gasteiger partial charge is 0.477 e. The summed E-state index contributed by atoms with van der Waals surface area (Å²) in [5.41, 5.74) is 5.76. The Morgan fingerprint density at radius 2 is 2.41 bits per heavy atom. The van der Waals surface area contributed by atoms with E-state index in [2.05, 4.69) is 15.1 Å². The molecule has 17 heavy (non-hydrogen) atoms. The highest BCUT2D eigenvalue weighted by Gasteiger charge is 2.15. The van der Waals surface area contributed by atoms with E-state index in [1.54, 1.807) is 24.5 Å². The number of carbonyl (C=O) groups is 1. The van der Waals surface area contributed by atoms with Gasteiger partial charge < -0.3 is 10.8 Å². The summed E-state index contributed by atoms with van der Waals surface area (Å²) >= 11 is 0. The quantitative estimate of drug-likeness (QED) is 0.593. The predicted octanol–water partition coefficient (Wildman–Crippen LogP) is 0.584. The van der Waals surface area contributed by atoms with Gasteiger partial charge >= 0.3 is 5.97 Å². The van der Waals surface area contributed by atoms with Crippen LogP contribution < -0.4 is 5.73 Å². The average Bonchev–Trinajstić information content (AvgIpc) is 2.75. The highest BCUT2D eigenvalue weighted by molar-refractivity contribution is 5.92. The Kier molecular flexibility index (Phi) is 2.82. The normalized spacial score (nSPS) is 10.8. The molecule has 2 rings (SSSR count). The van der Waals surface area contributed by atoms with Gasteiger partial charge in [-0.25, -0.2) is 14.5 Å². The molecule has 0 aliphatic rings.